The first-order chi connectivity index (χ1) is 9.45. The maximum Gasteiger partial charge on any atom is 0.134 e. The molecule has 1 atom stereocenters. The third-order valence-corrected chi connectivity index (χ3v) is 3.58. The van der Waals surface area contributed by atoms with Crippen LogP contribution in [0.3, 0.4) is 0 Å². The topological polar surface area (TPSA) is 12.0 Å². The summed E-state index contributed by atoms with van der Waals surface area (Å²) < 4.78 is 40.9. The van der Waals surface area contributed by atoms with Gasteiger partial charge in [0.25, 0.3) is 0 Å². The van der Waals surface area contributed by atoms with Crippen molar-refractivity contribution in [3.8, 4) is 0 Å². The molecule has 0 radical (unpaired) electrons. The van der Waals surface area contributed by atoms with Crippen LogP contribution in [0.25, 0.3) is 0 Å². The lowest BCUT2D eigenvalue weighted by atomic mass is 9.92. The van der Waals surface area contributed by atoms with Gasteiger partial charge in [-0.1, -0.05) is 18.2 Å². The number of aryl methyl sites for hydroxylation is 1. The average Bonchev–Trinajstić information content (AvgIpc) is 2.37. The minimum atomic E-state index is -0.917. The number of hydrogen-bond acceptors (Lipinski definition) is 1. The minimum absolute atomic E-state index is 0.164. The molecule has 1 N–H and O–H groups in total. The first-order valence-corrected chi connectivity index (χ1v) is 6.33. The van der Waals surface area contributed by atoms with Crippen molar-refractivity contribution in [1.82, 2.24) is 5.32 Å². The van der Waals surface area contributed by atoms with E-state index in [2.05, 4.69) is 5.32 Å². The summed E-state index contributed by atoms with van der Waals surface area (Å²) in [6, 6.07) is 6.33. The summed E-state index contributed by atoms with van der Waals surface area (Å²) in [5.41, 5.74) is 2.60. The van der Waals surface area contributed by atoms with Crippen molar-refractivity contribution in [3.05, 3.63) is 70.0 Å². The summed E-state index contributed by atoms with van der Waals surface area (Å²) in [7, 11) is 1.62. The fraction of sp³-hybridized carbons (Fsp3) is 0.250. The molecule has 0 amide bonds. The molecule has 20 heavy (non-hydrogen) atoms. The second-order valence-corrected chi connectivity index (χ2v) is 4.79. The molecule has 2 aromatic carbocycles. The van der Waals surface area contributed by atoms with E-state index >= 15 is 0 Å². The molecule has 0 saturated carbocycles. The lowest BCUT2D eigenvalue weighted by molar-refractivity contribution is 0.499. The first kappa shape index (κ1) is 14.6. The molecule has 106 valence electrons. The smallest absolute Gasteiger partial charge is 0.134 e. The Bertz CT molecular complexity index is 615. The van der Waals surface area contributed by atoms with E-state index in [0.29, 0.717) is 12.1 Å². The molecular weight excluding hydrogens is 263 g/mol. The Hall–Kier alpha value is -1.81. The third-order valence-electron chi connectivity index (χ3n) is 3.58. The van der Waals surface area contributed by atoms with E-state index in [-0.39, 0.29) is 5.56 Å². The molecule has 1 unspecified atom stereocenters. The second kappa shape index (κ2) is 5.67. The maximum absolute atomic E-state index is 13.9. The summed E-state index contributed by atoms with van der Waals surface area (Å²) in [5.74, 6) is -2.69. The highest BCUT2D eigenvalue weighted by atomic mass is 19.1. The molecule has 0 spiro atoms. The molecule has 0 aromatic heterocycles. The summed E-state index contributed by atoms with van der Waals surface area (Å²) in [6.45, 7) is 3.83. The van der Waals surface area contributed by atoms with Crippen LogP contribution in [-0.4, -0.2) is 7.05 Å². The molecule has 0 fully saturated rings. The van der Waals surface area contributed by atoms with E-state index in [1.54, 1.807) is 7.05 Å². The van der Waals surface area contributed by atoms with Gasteiger partial charge in [-0.2, -0.15) is 0 Å². The standard InChI is InChI=1S/C16H16F3N/c1-9-5-4-6-12(10(9)2)16(20-3)15-13(18)7-11(17)8-14(15)19/h4-8,16,20H,1-3H3. The van der Waals surface area contributed by atoms with Crippen LogP contribution in [0, 0.1) is 31.3 Å². The van der Waals surface area contributed by atoms with Crippen molar-refractivity contribution in [2.24, 2.45) is 0 Å². The SMILES string of the molecule is CNC(c1cccc(C)c1C)c1c(F)cc(F)cc1F. The summed E-state index contributed by atoms with van der Waals surface area (Å²) in [5, 5.41) is 2.90. The van der Waals surface area contributed by atoms with Crippen LogP contribution in [0.2, 0.25) is 0 Å². The Morgan fingerprint density at radius 2 is 1.60 bits per heavy atom. The molecule has 0 aliphatic heterocycles. The van der Waals surface area contributed by atoms with Gasteiger partial charge >= 0.3 is 0 Å². The number of hydrogen-bond donors (Lipinski definition) is 1. The molecule has 0 aliphatic carbocycles. The Morgan fingerprint density at radius 3 is 2.15 bits per heavy atom. The van der Waals surface area contributed by atoms with Crippen LogP contribution in [0.4, 0.5) is 13.2 Å². The predicted molar refractivity (Wildman–Crippen MR) is 73.1 cm³/mol. The van der Waals surface area contributed by atoms with Crippen LogP contribution in [0.15, 0.2) is 30.3 Å². The molecule has 4 heteroatoms. The van der Waals surface area contributed by atoms with Gasteiger partial charge in [0.05, 0.1) is 6.04 Å². The minimum Gasteiger partial charge on any atom is -0.309 e. The van der Waals surface area contributed by atoms with Crippen molar-refractivity contribution in [2.75, 3.05) is 7.05 Å². The molecule has 1 nitrogen and oxygen atoms in total. The average molecular weight is 279 g/mol. The van der Waals surface area contributed by atoms with Crippen LogP contribution >= 0.6 is 0 Å². The van der Waals surface area contributed by atoms with Gasteiger partial charge in [-0.05, 0) is 37.6 Å². The third kappa shape index (κ3) is 2.56. The quantitative estimate of drug-likeness (QED) is 0.894. The van der Waals surface area contributed by atoms with Gasteiger partial charge < -0.3 is 5.32 Å². The van der Waals surface area contributed by atoms with Crippen molar-refractivity contribution in [2.45, 2.75) is 19.9 Å². The monoisotopic (exact) mass is 279 g/mol. The lowest BCUT2D eigenvalue weighted by Crippen LogP contribution is -2.22. The maximum atomic E-state index is 13.9. The van der Waals surface area contributed by atoms with E-state index < -0.39 is 23.5 Å². The van der Waals surface area contributed by atoms with Gasteiger partial charge in [0.1, 0.15) is 17.5 Å². The Labute approximate surface area is 116 Å². The molecular formula is C16H16F3N. The molecule has 0 bridgehead atoms. The Kier molecular flexibility index (Phi) is 4.14. The van der Waals surface area contributed by atoms with E-state index in [1.165, 1.54) is 0 Å². The zero-order chi connectivity index (χ0) is 14.9. The first-order valence-electron chi connectivity index (χ1n) is 6.33. The highest BCUT2D eigenvalue weighted by molar-refractivity contribution is 5.41. The molecule has 0 aliphatic rings. The zero-order valence-corrected chi connectivity index (χ0v) is 11.6. The molecule has 2 aromatic rings. The van der Waals surface area contributed by atoms with Crippen molar-refractivity contribution in [3.63, 3.8) is 0 Å². The Balaban J connectivity index is 2.62. The molecule has 0 saturated heterocycles. The van der Waals surface area contributed by atoms with Crippen LogP contribution in [0.1, 0.15) is 28.3 Å². The van der Waals surface area contributed by atoms with E-state index in [1.807, 2.05) is 32.0 Å². The summed E-state index contributed by atoms with van der Waals surface area (Å²) in [6.07, 6.45) is 0. The largest absolute Gasteiger partial charge is 0.309 e. The van der Waals surface area contributed by atoms with Crippen molar-refractivity contribution in [1.29, 1.82) is 0 Å². The summed E-state index contributed by atoms with van der Waals surface area (Å²) >= 11 is 0. The number of rotatable bonds is 3. The van der Waals surface area contributed by atoms with Crippen LogP contribution in [0.5, 0.6) is 0 Å². The molecule has 2 rings (SSSR count). The number of halogens is 3. The highest BCUT2D eigenvalue weighted by Crippen LogP contribution is 2.30. The number of benzene rings is 2. The lowest BCUT2D eigenvalue weighted by Gasteiger charge is -2.21. The van der Waals surface area contributed by atoms with Gasteiger partial charge in [-0.25, -0.2) is 13.2 Å². The predicted octanol–water partition coefficient (Wildman–Crippen LogP) is 4.03. The van der Waals surface area contributed by atoms with Gasteiger partial charge in [-0.3, -0.25) is 0 Å². The fourth-order valence-corrected chi connectivity index (χ4v) is 2.37. The van der Waals surface area contributed by atoms with Crippen molar-refractivity contribution < 1.29 is 13.2 Å². The van der Waals surface area contributed by atoms with Gasteiger partial charge in [0.2, 0.25) is 0 Å². The van der Waals surface area contributed by atoms with Crippen molar-refractivity contribution >= 4 is 0 Å². The van der Waals surface area contributed by atoms with Gasteiger partial charge in [-0.15, -0.1) is 0 Å². The molecule has 0 heterocycles. The van der Waals surface area contributed by atoms with Gasteiger partial charge in [0.15, 0.2) is 0 Å². The Morgan fingerprint density at radius 1 is 1.00 bits per heavy atom. The van der Waals surface area contributed by atoms with E-state index in [9.17, 15) is 13.2 Å². The van der Waals surface area contributed by atoms with E-state index in [0.717, 1.165) is 16.7 Å². The van der Waals surface area contributed by atoms with Crippen LogP contribution < -0.4 is 5.32 Å². The second-order valence-electron chi connectivity index (χ2n) is 4.79. The summed E-state index contributed by atoms with van der Waals surface area (Å²) in [4.78, 5) is 0. The zero-order valence-electron chi connectivity index (χ0n) is 11.6. The number of nitrogens with one attached hydrogen (secondary N) is 1. The fourth-order valence-electron chi connectivity index (χ4n) is 2.37. The van der Waals surface area contributed by atoms with Crippen LogP contribution in [-0.2, 0) is 0 Å². The van der Waals surface area contributed by atoms with Gasteiger partial charge in [0, 0.05) is 17.7 Å². The highest BCUT2D eigenvalue weighted by Gasteiger charge is 2.23. The van der Waals surface area contributed by atoms with E-state index in [4.69, 9.17) is 0 Å². The normalized spacial score (nSPS) is 12.5.